The minimum Gasteiger partial charge on any atom is -0.508 e. The van der Waals surface area contributed by atoms with E-state index in [9.17, 15) is 10.2 Å². The standard InChI is InChI=1S/C21H22N2O4/c1-11(2)20-19(13-4-5-17-18(9-13)27-7-6-26-17)21(23-22-20)14-8-12(3)15(24)10-16(14)25/h4-5,8-11,24-25H,6-7H2,1-3H3,(H,22,23). The lowest BCUT2D eigenvalue weighted by Crippen LogP contribution is -2.15. The number of aromatic hydroxyl groups is 2. The third kappa shape index (κ3) is 2.97. The van der Waals surface area contributed by atoms with Gasteiger partial charge in [0, 0.05) is 22.9 Å². The van der Waals surface area contributed by atoms with Gasteiger partial charge in [-0.2, -0.15) is 5.10 Å². The first-order valence-corrected chi connectivity index (χ1v) is 8.97. The average Bonchev–Trinajstić information content (AvgIpc) is 3.09. The van der Waals surface area contributed by atoms with Gasteiger partial charge >= 0.3 is 0 Å². The van der Waals surface area contributed by atoms with Gasteiger partial charge in [0.25, 0.3) is 0 Å². The summed E-state index contributed by atoms with van der Waals surface area (Å²) in [5.41, 5.74) is 4.67. The molecule has 6 heteroatoms. The van der Waals surface area contributed by atoms with Crippen LogP contribution in [0.2, 0.25) is 0 Å². The highest BCUT2D eigenvalue weighted by molar-refractivity contribution is 5.86. The minimum absolute atomic E-state index is 0.0151. The van der Waals surface area contributed by atoms with Crippen molar-refractivity contribution in [2.75, 3.05) is 13.2 Å². The van der Waals surface area contributed by atoms with Crippen molar-refractivity contribution < 1.29 is 19.7 Å². The van der Waals surface area contributed by atoms with Gasteiger partial charge in [-0.25, -0.2) is 0 Å². The number of nitrogens with zero attached hydrogens (tertiary/aromatic N) is 1. The molecule has 0 amide bonds. The van der Waals surface area contributed by atoms with E-state index in [1.807, 2.05) is 18.2 Å². The average molecular weight is 366 g/mol. The van der Waals surface area contributed by atoms with E-state index in [-0.39, 0.29) is 17.4 Å². The fourth-order valence-corrected chi connectivity index (χ4v) is 3.33. The van der Waals surface area contributed by atoms with Crippen LogP contribution in [0.3, 0.4) is 0 Å². The molecule has 0 aliphatic carbocycles. The molecule has 2 heterocycles. The molecule has 0 saturated heterocycles. The van der Waals surface area contributed by atoms with E-state index in [2.05, 4.69) is 24.0 Å². The second-order valence-corrected chi connectivity index (χ2v) is 7.03. The number of phenols is 2. The Morgan fingerprint density at radius 2 is 1.74 bits per heavy atom. The van der Waals surface area contributed by atoms with Crippen molar-refractivity contribution in [1.82, 2.24) is 10.2 Å². The molecule has 0 unspecified atom stereocenters. The number of H-pyrrole nitrogens is 1. The highest BCUT2D eigenvalue weighted by Crippen LogP contribution is 2.43. The smallest absolute Gasteiger partial charge is 0.161 e. The zero-order chi connectivity index (χ0) is 19.1. The molecular weight excluding hydrogens is 344 g/mol. The topological polar surface area (TPSA) is 87.6 Å². The maximum absolute atomic E-state index is 10.4. The zero-order valence-corrected chi connectivity index (χ0v) is 15.5. The molecule has 140 valence electrons. The van der Waals surface area contributed by atoms with E-state index in [4.69, 9.17) is 9.47 Å². The van der Waals surface area contributed by atoms with Crippen molar-refractivity contribution in [1.29, 1.82) is 0 Å². The molecule has 0 radical (unpaired) electrons. The largest absolute Gasteiger partial charge is 0.508 e. The number of rotatable bonds is 3. The number of benzene rings is 2. The summed E-state index contributed by atoms with van der Waals surface area (Å²) >= 11 is 0. The highest BCUT2D eigenvalue weighted by Gasteiger charge is 2.23. The number of phenolic OH excluding ortho intramolecular Hbond substituents is 2. The predicted molar refractivity (Wildman–Crippen MR) is 103 cm³/mol. The summed E-state index contributed by atoms with van der Waals surface area (Å²) in [7, 11) is 0. The van der Waals surface area contributed by atoms with Gasteiger partial charge in [-0.3, -0.25) is 5.10 Å². The number of hydrogen-bond acceptors (Lipinski definition) is 5. The Balaban J connectivity index is 1.92. The van der Waals surface area contributed by atoms with Gasteiger partial charge in [0.05, 0.1) is 0 Å². The van der Waals surface area contributed by atoms with Crippen LogP contribution >= 0.6 is 0 Å². The van der Waals surface area contributed by atoms with Crippen LogP contribution in [0.15, 0.2) is 30.3 Å². The Morgan fingerprint density at radius 3 is 2.48 bits per heavy atom. The molecule has 0 bridgehead atoms. The molecule has 0 spiro atoms. The van der Waals surface area contributed by atoms with E-state index in [1.54, 1.807) is 13.0 Å². The fourth-order valence-electron chi connectivity index (χ4n) is 3.33. The normalized spacial score (nSPS) is 13.2. The second-order valence-electron chi connectivity index (χ2n) is 7.03. The zero-order valence-electron chi connectivity index (χ0n) is 15.5. The second kappa shape index (κ2) is 6.54. The van der Waals surface area contributed by atoms with Gasteiger partial charge < -0.3 is 19.7 Å². The lowest BCUT2D eigenvalue weighted by molar-refractivity contribution is 0.171. The molecule has 0 fully saturated rings. The molecule has 1 aliphatic rings. The van der Waals surface area contributed by atoms with Crippen LogP contribution in [0.5, 0.6) is 23.0 Å². The van der Waals surface area contributed by atoms with Crippen molar-refractivity contribution in [3.8, 4) is 45.4 Å². The first-order chi connectivity index (χ1) is 13.0. The molecule has 1 aromatic heterocycles. The molecule has 6 nitrogen and oxygen atoms in total. The van der Waals surface area contributed by atoms with Crippen LogP contribution < -0.4 is 9.47 Å². The molecule has 27 heavy (non-hydrogen) atoms. The molecule has 3 aromatic rings. The number of nitrogens with one attached hydrogen (secondary N) is 1. The van der Waals surface area contributed by atoms with Crippen LogP contribution in [0.4, 0.5) is 0 Å². The summed E-state index contributed by atoms with van der Waals surface area (Å²) in [6.07, 6.45) is 0. The Hall–Kier alpha value is -3.15. The van der Waals surface area contributed by atoms with Gasteiger partial charge in [-0.1, -0.05) is 19.9 Å². The monoisotopic (exact) mass is 366 g/mol. The Kier molecular flexibility index (Phi) is 4.18. The summed E-state index contributed by atoms with van der Waals surface area (Å²) in [5, 5.41) is 27.9. The molecular formula is C21H22N2O4. The summed E-state index contributed by atoms with van der Waals surface area (Å²) in [4.78, 5) is 0. The number of aryl methyl sites for hydroxylation is 1. The number of hydrogen-bond donors (Lipinski definition) is 3. The molecule has 0 saturated carbocycles. The van der Waals surface area contributed by atoms with E-state index in [0.29, 0.717) is 35.8 Å². The summed E-state index contributed by atoms with van der Waals surface area (Å²) in [5.74, 6) is 1.67. The van der Waals surface area contributed by atoms with Crippen LogP contribution in [0.25, 0.3) is 22.4 Å². The van der Waals surface area contributed by atoms with Crippen LogP contribution in [-0.2, 0) is 0 Å². The lowest BCUT2D eigenvalue weighted by atomic mass is 9.93. The summed E-state index contributed by atoms with van der Waals surface area (Å²) in [6.45, 7) is 7.02. The molecule has 3 N–H and O–H groups in total. The summed E-state index contributed by atoms with van der Waals surface area (Å²) < 4.78 is 11.3. The third-order valence-corrected chi connectivity index (χ3v) is 4.77. The van der Waals surface area contributed by atoms with Crippen LogP contribution in [0.1, 0.15) is 31.0 Å². The Morgan fingerprint density at radius 1 is 1.00 bits per heavy atom. The van der Waals surface area contributed by atoms with Gasteiger partial charge in [0.2, 0.25) is 0 Å². The maximum Gasteiger partial charge on any atom is 0.161 e. The Bertz CT molecular complexity index is 1010. The van der Waals surface area contributed by atoms with Crippen molar-refractivity contribution >= 4 is 0 Å². The third-order valence-electron chi connectivity index (χ3n) is 4.77. The lowest BCUT2D eigenvalue weighted by Gasteiger charge is -2.19. The van der Waals surface area contributed by atoms with E-state index in [0.717, 1.165) is 22.6 Å². The minimum atomic E-state index is -0.0151. The molecule has 1 aliphatic heterocycles. The molecule has 4 rings (SSSR count). The highest BCUT2D eigenvalue weighted by atomic mass is 16.6. The van der Waals surface area contributed by atoms with Crippen molar-refractivity contribution in [2.45, 2.75) is 26.7 Å². The van der Waals surface area contributed by atoms with Crippen molar-refractivity contribution in [3.05, 3.63) is 41.6 Å². The van der Waals surface area contributed by atoms with Crippen molar-refractivity contribution in [3.63, 3.8) is 0 Å². The van der Waals surface area contributed by atoms with Crippen LogP contribution in [-0.4, -0.2) is 33.6 Å². The Labute approximate surface area is 157 Å². The first kappa shape index (κ1) is 17.3. The van der Waals surface area contributed by atoms with Gasteiger partial charge in [-0.15, -0.1) is 0 Å². The number of ether oxygens (including phenoxy) is 2. The summed E-state index contributed by atoms with van der Waals surface area (Å²) in [6, 6.07) is 8.90. The number of aromatic amines is 1. The quantitative estimate of drug-likeness (QED) is 0.641. The van der Waals surface area contributed by atoms with Crippen LogP contribution in [0, 0.1) is 6.92 Å². The van der Waals surface area contributed by atoms with Gasteiger partial charge in [-0.05, 0) is 42.2 Å². The maximum atomic E-state index is 10.4. The first-order valence-electron chi connectivity index (χ1n) is 8.97. The molecule has 0 atom stereocenters. The van der Waals surface area contributed by atoms with Crippen molar-refractivity contribution in [2.24, 2.45) is 0 Å². The SMILES string of the molecule is Cc1cc(-c2n[nH]c(C(C)C)c2-c2ccc3c(c2)OCCO3)c(O)cc1O. The number of aromatic nitrogens is 2. The van der Waals surface area contributed by atoms with E-state index in [1.165, 1.54) is 6.07 Å². The van der Waals surface area contributed by atoms with E-state index < -0.39 is 0 Å². The molecule has 2 aromatic carbocycles. The van der Waals surface area contributed by atoms with Gasteiger partial charge in [0.15, 0.2) is 11.5 Å². The predicted octanol–water partition coefficient (Wildman–Crippen LogP) is 4.36. The van der Waals surface area contributed by atoms with E-state index >= 15 is 0 Å². The number of fused-ring (bicyclic) bond motifs is 1. The van der Waals surface area contributed by atoms with Gasteiger partial charge in [0.1, 0.15) is 30.4 Å². The fraction of sp³-hybridized carbons (Fsp3) is 0.286.